The number of hydrogen-bond donors (Lipinski definition) is 0. The third-order valence-electron chi connectivity index (χ3n) is 1.19. The van der Waals surface area contributed by atoms with E-state index in [0.29, 0.717) is 5.69 Å². The van der Waals surface area contributed by atoms with Gasteiger partial charge in [0, 0.05) is 12.3 Å². The molecule has 0 N–H and O–H groups in total. The fourth-order valence-electron chi connectivity index (χ4n) is 0.699. The standard InChI is InChI=1S/C6H5ClN2O2/c7-4-5-6(9(10)11)2-1-3-8-5/h1-3H,4H2. The highest BCUT2D eigenvalue weighted by molar-refractivity contribution is 6.17. The topological polar surface area (TPSA) is 56.0 Å². The maximum atomic E-state index is 10.3. The van der Waals surface area contributed by atoms with Gasteiger partial charge in [0.1, 0.15) is 5.69 Å². The largest absolute Gasteiger partial charge is 0.291 e. The number of halogens is 1. The van der Waals surface area contributed by atoms with E-state index in [1.807, 2.05) is 0 Å². The minimum Gasteiger partial charge on any atom is -0.258 e. The molecule has 1 aromatic rings. The van der Waals surface area contributed by atoms with E-state index >= 15 is 0 Å². The van der Waals surface area contributed by atoms with Gasteiger partial charge in [-0.15, -0.1) is 11.6 Å². The predicted molar refractivity (Wildman–Crippen MR) is 40.4 cm³/mol. The van der Waals surface area contributed by atoms with E-state index in [1.54, 1.807) is 0 Å². The zero-order valence-electron chi connectivity index (χ0n) is 5.53. The first kappa shape index (κ1) is 7.94. The summed E-state index contributed by atoms with van der Waals surface area (Å²) in [7, 11) is 0. The summed E-state index contributed by atoms with van der Waals surface area (Å²) in [4.78, 5) is 13.5. The molecular formula is C6H5ClN2O2. The van der Waals surface area contributed by atoms with Crippen molar-refractivity contribution in [2.75, 3.05) is 0 Å². The van der Waals surface area contributed by atoms with Crippen LogP contribution in [0.4, 0.5) is 5.69 Å². The van der Waals surface area contributed by atoms with Crippen molar-refractivity contribution in [2.45, 2.75) is 5.88 Å². The van der Waals surface area contributed by atoms with Crippen molar-refractivity contribution in [3.63, 3.8) is 0 Å². The number of rotatable bonds is 2. The van der Waals surface area contributed by atoms with Crippen LogP contribution in [0, 0.1) is 10.1 Å². The molecule has 0 aliphatic carbocycles. The molecule has 0 fully saturated rings. The van der Waals surface area contributed by atoms with Gasteiger partial charge in [0.2, 0.25) is 0 Å². The Morgan fingerprint density at radius 3 is 2.91 bits per heavy atom. The van der Waals surface area contributed by atoms with E-state index in [0.717, 1.165) is 0 Å². The summed E-state index contributed by atoms with van der Waals surface area (Å²) < 4.78 is 0. The van der Waals surface area contributed by atoms with Crippen molar-refractivity contribution in [1.29, 1.82) is 0 Å². The van der Waals surface area contributed by atoms with Gasteiger partial charge < -0.3 is 0 Å². The second-order valence-corrected chi connectivity index (χ2v) is 2.13. The molecular weight excluding hydrogens is 168 g/mol. The summed E-state index contributed by atoms with van der Waals surface area (Å²) in [6, 6.07) is 2.89. The summed E-state index contributed by atoms with van der Waals surface area (Å²) in [6.07, 6.45) is 1.48. The molecule has 0 spiro atoms. The molecule has 1 aromatic heterocycles. The van der Waals surface area contributed by atoms with Crippen LogP contribution in [0.5, 0.6) is 0 Å². The summed E-state index contributed by atoms with van der Waals surface area (Å²) in [5.41, 5.74) is 0.279. The molecule has 0 saturated heterocycles. The first-order valence-corrected chi connectivity index (χ1v) is 3.43. The minimum absolute atomic E-state index is 0.0255. The highest BCUT2D eigenvalue weighted by Crippen LogP contribution is 2.15. The Bertz CT molecular complexity index is 277. The zero-order valence-corrected chi connectivity index (χ0v) is 6.28. The average Bonchev–Trinajstić information content (AvgIpc) is 2.04. The van der Waals surface area contributed by atoms with E-state index in [4.69, 9.17) is 11.6 Å². The normalized spacial score (nSPS) is 9.55. The lowest BCUT2D eigenvalue weighted by Crippen LogP contribution is -1.94. The van der Waals surface area contributed by atoms with Gasteiger partial charge in [-0.05, 0) is 6.07 Å². The van der Waals surface area contributed by atoms with E-state index in [1.165, 1.54) is 18.3 Å². The molecule has 0 saturated carbocycles. The summed E-state index contributed by atoms with van der Waals surface area (Å²) >= 11 is 5.41. The van der Waals surface area contributed by atoms with Crippen LogP contribution in [-0.4, -0.2) is 9.91 Å². The molecule has 5 heteroatoms. The third kappa shape index (κ3) is 1.65. The van der Waals surface area contributed by atoms with Gasteiger partial charge in [-0.2, -0.15) is 0 Å². The Hall–Kier alpha value is -1.16. The van der Waals surface area contributed by atoms with Crippen LogP contribution in [0.25, 0.3) is 0 Å². The lowest BCUT2D eigenvalue weighted by molar-refractivity contribution is -0.385. The van der Waals surface area contributed by atoms with Crippen LogP contribution in [0.1, 0.15) is 5.69 Å². The molecule has 1 rings (SSSR count). The van der Waals surface area contributed by atoms with Gasteiger partial charge in [0.25, 0.3) is 5.69 Å². The Balaban J connectivity index is 3.12. The van der Waals surface area contributed by atoms with Crippen molar-refractivity contribution in [2.24, 2.45) is 0 Å². The summed E-state index contributed by atoms with van der Waals surface area (Å²) in [5, 5.41) is 10.3. The molecule has 0 amide bonds. The van der Waals surface area contributed by atoms with E-state index in [2.05, 4.69) is 4.98 Å². The smallest absolute Gasteiger partial charge is 0.258 e. The highest BCUT2D eigenvalue weighted by atomic mass is 35.5. The van der Waals surface area contributed by atoms with Crippen LogP contribution in [0.2, 0.25) is 0 Å². The molecule has 0 bridgehead atoms. The van der Waals surface area contributed by atoms with Crippen LogP contribution >= 0.6 is 11.6 Å². The molecule has 4 nitrogen and oxygen atoms in total. The number of pyridine rings is 1. The maximum Gasteiger partial charge on any atom is 0.291 e. The molecule has 0 aromatic carbocycles. The van der Waals surface area contributed by atoms with Gasteiger partial charge >= 0.3 is 0 Å². The second-order valence-electron chi connectivity index (χ2n) is 1.86. The summed E-state index contributed by atoms with van der Waals surface area (Å²) in [5.74, 6) is 0.0666. The molecule has 0 aliphatic rings. The van der Waals surface area contributed by atoms with Crippen LogP contribution < -0.4 is 0 Å². The van der Waals surface area contributed by atoms with E-state index < -0.39 is 4.92 Å². The highest BCUT2D eigenvalue weighted by Gasteiger charge is 2.11. The first-order chi connectivity index (χ1) is 5.25. The molecule has 58 valence electrons. The lowest BCUT2D eigenvalue weighted by atomic mass is 10.3. The maximum absolute atomic E-state index is 10.3. The van der Waals surface area contributed by atoms with Gasteiger partial charge in [-0.25, -0.2) is 0 Å². The van der Waals surface area contributed by atoms with Crippen molar-refractivity contribution in [3.8, 4) is 0 Å². The monoisotopic (exact) mass is 172 g/mol. The Kier molecular flexibility index (Phi) is 2.38. The molecule has 0 unspecified atom stereocenters. The minimum atomic E-state index is -0.495. The van der Waals surface area contributed by atoms with Crippen LogP contribution in [0.15, 0.2) is 18.3 Å². The van der Waals surface area contributed by atoms with Gasteiger partial charge in [0.05, 0.1) is 10.8 Å². The third-order valence-corrected chi connectivity index (χ3v) is 1.44. The summed E-state index contributed by atoms with van der Waals surface area (Å²) in [6.45, 7) is 0. The van der Waals surface area contributed by atoms with Crippen molar-refractivity contribution in [1.82, 2.24) is 4.98 Å². The van der Waals surface area contributed by atoms with Crippen molar-refractivity contribution in [3.05, 3.63) is 34.1 Å². The number of nitrogens with zero attached hydrogens (tertiary/aromatic N) is 2. The first-order valence-electron chi connectivity index (χ1n) is 2.90. The number of nitro groups is 1. The van der Waals surface area contributed by atoms with Crippen LogP contribution in [-0.2, 0) is 5.88 Å². The molecule has 1 heterocycles. The zero-order chi connectivity index (χ0) is 8.27. The fraction of sp³-hybridized carbons (Fsp3) is 0.167. The van der Waals surface area contributed by atoms with Gasteiger partial charge in [-0.3, -0.25) is 15.1 Å². The van der Waals surface area contributed by atoms with E-state index in [9.17, 15) is 10.1 Å². The van der Waals surface area contributed by atoms with Crippen LogP contribution in [0.3, 0.4) is 0 Å². The number of hydrogen-bond acceptors (Lipinski definition) is 3. The predicted octanol–water partition coefficient (Wildman–Crippen LogP) is 1.73. The quantitative estimate of drug-likeness (QED) is 0.388. The van der Waals surface area contributed by atoms with Crippen molar-refractivity contribution >= 4 is 17.3 Å². The molecule has 11 heavy (non-hydrogen) atoms. The SMILES string of the molecule is O=[N+]([O-])c1cccnc1CCl. The van der Waals surface area contributed by atoms with Crippen molar-refractivity contribution < 1.29 is 4.92 Å². The van der Waals surface area contributed by atoms with Gasteiger partial charge in [-0.1, -0.05) is 0 Å². The fourth-order valence-corrected chi connectivity index (χ4v) is 0.905. The van der Waals surface area contributed by atoms with Gasteiger partial charge in [0.15, 0.2) is 0 Å². The molecule has 0 radical (unpaired) electrons. The Morgan fingerprint density at radius 2 is 2.45 bits per heavy atom. The number of alkyl halides is 1. The second kappa shape index (κ2) is 3.30. The Labute approximate surface area is 68.0 Å². The molecule has 0 aliphatic heterocycles. The number of aromatic nitrogens is 1. The average molecular weight is 173 g/mol. The molecule has 0 atom stereocenters. The van der Waals surface area contributed by atoms with E-state index in [-0.39, 0.29) is 11.6 Å². The Morgan fingerprint density at radius 1 is 1.73 bits per heavy atom. The lowest BCUT2D eigenvalue weighted by Gasteiger charge is -1.94.